The van der Waals surface area contributed by atoms with Gasteiger partial charge in [-0.05, 0) is 67.5 Å². The third-order valence-corrected chi connectivity index (χ3v) is 8.74. The topological polar surface area (TPSA) is 154 Å². The molecule has 2 heterocycles. The minimum Gasteiger partial charge on any atom is -0.460 e. The van der Waals surface area contributed by atoms with Crippen LogP contribution < -0.4 is 20.7 Å². The standard InChI is InChI=1S/C36H33F5N6O6S/c1-2-23-7-8-25(14-28(23)47-32(49)30-18-45-35(54-30)44-17-21-3-4-21)31(48)46-27(11-12-52-36(39,40)41)19-51-33(50)26-9-10-29(53-34(37)38)24(13-26)6-5-22-15-42-20-43-16-22/h7-10,13-16,18,20-21,27,34H,2-4,11-12,17,19H2,1H3,(H,44,45)(H,46,48)(H,47,49)/t27-/m0/s1. The molecule has 3 N–H and O–H groups in total. The number of ether oxygens (including phenoxy) is 3. The Balaban J connectivity index is 1.28. The minimum absolute atomic E-state index is 0.0633. The largest absolute Gasteiger partial charge is 0.522 e. The lowest BCUT2D eigenvalue weighted by Crippen LogP contribution is -2.40. The number of halogens is 5. The molecule has 1 aliphatic rings. The number of carbonyl (C=O) groups is 3. The first-order valence-corrected chi connectivity index (χ1v) is 17.4. The maximum atomic E-state index is 13.4. The summed E-state index contributed by atoms with van der Waals surface area (Å²) >= 11 is 1.19. The Hall–Kier alpha value is -5.67. The molecule has 1 saturated carbocycles. The molecule has 0 saturated heterocycles. The number of carbonyl (C=O) groups excluding carboxylic acids is 3. The van der Waals surface area contributed by atoms with Gasteiger partial charge in [-0.3, -0.25) is 14.3 Å². The van der Waals surface area contributed by atoms with Gasteiger partial charge in [0.2, 0.25) is 0 Å². The number of thiazole rings is 1. The van der Waals surface area contributed by atoms with E-state index >= 15 is 0 Å². The molecular weight excluding hydrogens is 739 g/mol. The van der Waals surface area contributed by atoms with E-state index in [0.717, 1.165) is 37.6 Å². The van der Waals surface area contributed by atoms with Gasteiger partial charge in [-0.15, -0.1) is 13.2 Å². The highest BCUT2D eigenvalue weighted by molar-refractivity contribution is 7.17. The third-order valence-electron chi connectivity index (χ3n) is 7.79. The number of aryl methyl sites for hydroxylation is 1. The molecule has 18 heteroatoms. The van der Waals surface area contributed by atoms with Crippen LogP contribution in [0, 0.1) is 17.8 Å². The lowest BCUT2D eigenvalue weighted by molar-refractivity contribution is -0.325. The molecule has 4 aromatic rings. The zero-order valence-corrected chi connectivity index (χ0v) is 29.4. The summed E-state index contributed by atoms with van der Waals surface area (Å²) in [6.45, 7) is -2.03. The third kappa shape index (κ3) is 12.2. The molecule has 2 aromatic carbocycles. The Kier molecular flexibility index (Phi) is 13.5. The number of nitrogens with one attached hydrogen (secondary N) is 3. The van der Waals surface area contributed by atoms with Gasteiger partial charge in [-0.25, -0.2) is 19.7 Å². The fourth-order valence-corrected chi connectivity index (χ4v) is 5.56. The highest BCUT2D eigenvalue weighted by Crippen LogP contribution is 2.30. The first kappa shape index (κ1) is 39.5. The van der Waals surface area contributed by atoms with Crippen molar-refractivity contribution in [2.45, 2.75) is 51.6 Å². The summed E-state index contributed by atoms with van der Waals surface area (Å²) in [5, 5.41) is 9.19. The summed E-state index contributed by atoms with van der Waals surface area (Å²) in [5.74, 6) is 3.40. The van der Waals surface area contributed by atoms with Gasteiger partial charge in [-0.1, -0.05) is 36.2 Å². The monoisotopic (exact) mass is 772 g/mol. The second kappa shape index (κ2) is 18.4. The van der Waals surface area contributed by atoms with Gasteiger partial charge in [0.1, 0.15) is 23.6 Å². The number of benzene rings is 2. The molecule has 5 rings (SSSR count). The van der Waals surface area contributed by atoms with Crippen LogP contribution in [0.3, 0.4) is 0 Å². The molecule has 2 aromatic heterocycles. The molecule has 1 aliphatic carbocycles. The van der Waals surface area contributed by atoms with Crippen molar-refractivity contribution in [3.63, 3.8) is 0 Å². The van der Waals surface area contributed by atoms with Crippen molar-refractivity contribution in [3.05, 3.63) is 94.0 Å². The van der Waals surface area contributed by atoms with E-state index in [1.807, 2.05) is 6.92 Å². The van der Waals surface area contributed by atoms with Crippen molar-refractivity contribution >= 4 is 39.9 Å². The Morgan fingerprint density at radius 3 is 2.46 bits per heavy atom. The van der Waals surface area contributed by atoms with Crippen LogP contribution in [0.4, 0.5) is 32.8 Å². The van der Waals surface area contributed by atoms with Crippen LogP contribution in [-0.2, 0) is 15.9 Å². The normalized spacial score (nSPS) is 13.0. The molecule has 1 fully saturated rings. The molecule has 12 nitrogen and oxygen atoms in total. The molecule has 0 spiro atoms. The average molecular weight is 773 g/mol. The van der Waals surface area contributed by atoms with Crippen LogP contribution in [-0.4, -0.2) is 71.5 Å². The predicted octanol–water partition coefficient (Wildman–Crippen LogP) is 6.45. The van der Waals surface area contributed by atoms with Crippen molar-refractivity contribution in [3.8, 4) is 17.6 Å². The molecule has 0 radical (unpaired) electrons. The van der Waals surface area contributed by atoms with E-state index in [-0.39, 0.29) is 22.4 Å². The fraction of sp³-hybridized carbons (Fsp3) is 0.333. The summed E-state index contributed by atoms with van der Waals surface area (Å²) < 4.78 is 78.2. The minimum atomic E-state index is -4.95. The molecule has 54 heavy (non-hydrogen) atoms. The van der Waals surface area contributed by atoms with Gasteiger partial charge in [0.05, 0.1) is 35.5 Å². The Morgan fingerprint density at radius 2 is 1.76 bits per heavy atom. The Morgan fingerprint density at radius 1 is 1.00 bits per heavy atom. The molecule has 0 aliphatic heterocycles. The number of aromatic nitrogens is 3. The van der Waals surface area contributed by atoms with Crippen LogP contribution in [0.2, 0.25) is 0 Å². The fourth-order valence-electron chi connectivity index (χ4n) is 4.84. The molecule has 0 unspecified atom stereocenters. The Labute approximate surface area is 309 Å². The first-order chi connectivity index (χ1) is 25.9. The maximum absolute atomic E-state index is 13.4. The summed E-state index contributed by atoms with van der Waals surface area (Å²) in [4.78, 5) is 51.7. The van der Waals surface area contributed by atoms with Gasteiger partial charge in [-0.2, -0.15) is 8.78 Å². The van der Waals surface area contributed by atoms with Gasteiger partial charge in [0.25, 0.3) is 11.8 Å². The molecule has 2 amide bonds. The van der Waals surface area contributed by atoms with Crippen LogP contribution in [0.25, 0.3) is 0 Å². The summed E-state index contributed by atoms with van der Waals surface area (Å²) in [5.41, 5.74) is 1.22. The lowest BCUT2D eigenvalue weighted by atomic mass is 10.1. The van der Waals surface area contributed by atoms with E-state index in [1.165, 1.54) is 48.4 Å². The molecular formula is C36H33F5N6O6S. The second-order valence-corrected chi connectivity index (χ2v) is 12.9. The van der Waals surface area contributed by atoms with E-state index in [1.54, 1.807) is 6.07 Å². The number of esters is 1. The molecule has 1 atom stereocenters. The zero-order valence-electron chi connectivity index (χ0n) is 28.5. The average Bonchev–Trinajstić information content (AvgIpc) is 3.85. The number of rotatable bonds is 16. The van der Waals surface area contributed by atoms with Crippen molar-refractivity contribution < 1.29 is 50.5 Å². The van der Waals surface area contributed by atoms with Crippen molar-refractivity contribution in [2.24, 2.45) is 5.92 Å². The second-order valence-electron chi connectivity index (χ2n) is 11.9. The van der Waals surface area contributed by atoms with Gasteiger partial charge in [0.15, 0.2) is 5.13 Å². The number of nitrogens with zero attached hydrogens (tertiary/aromatic N) is 3. The van der Waals surface area contributed by atoms with Crippen LogP contribution >= 0.6 is 11.3 Å². The number of hydrogen-bond donors (Lipinski definition) is 3. The number of amides is 2. The van der Waals surface area contributed by atoms with Gasteiger partial charge >= 0.3 is 18.9 Å². The predicted molar refractivity (Wildman–Crippen MR) is 186 cm³/mol. The lowest BCUT2D eigenvalue weighted by Gasteiger charge is -2.20. The van der Waals surface area contributed by atoms with Crippen LogP contribution in [0.5, 0.6) is 5.75 Å². The van der Waals surface area contributed by atoms with E-state index in [2.05, 4.69) is 52.2 Å². The SMILES string of the molecule is CCc1ccc(C(=O)N[C@@H](CCOC(F)(F)F)COC(=O)c2ccc(OC(F)F)c(C#Cc3cncnc3)c2)cc1NC(=O)c1cnc(NCC2CC2)s1. The number of alkyl halides is 5. The van der Waals surface area contributed by atoms with E-state index in [4.69, 9.17) is 4.74 Å². The van der Waals surface area contributed by atoms with Gasteiger partial charge in [0, 0.05) is 30.2 Å². The van der Waals surface area contributed by atoms with E-state index < -0.39 is 56.4 Å². The summed E-state index contributed by atoms with van der Waals surface area (Å²) in [7, 11) is 0. The van der Waals surface area contributed by atoms with E-state index in [0.29, 0.717) is 39.2 Å². The quantitative estimate of drug-likeness (QED) is 0.0658. The maximum Gasteiger partial charge on any atom is 0.522 e. The summed E-state index contributed by atoms with van der Waals surface area (Å²) in [6.07, 6.45) is 2.92. The zero-order chi connectivity index (χ0) is 38.7. The Bertz CT molecular complexity index is 2000. The summed E-state index contributed by atoms with van der Waals surface area (Å²) in [6, 6.07) is 6.74. The van der Waals surface area contributed by atoms with Gasteiger partial charge < -0.3 is 25.4 Å². The van der Waals surface area contributed by atoms with Crippen molar-refractivity contribution in [1.29, 1.82) is 0 Å². The van der Waals surface area contributed by atoms with Crippen LogP contribution in [0.15, 0.2) is 61.3 Å². The smallest absolute Gasteiger partial charge is 0.460 e. The number of hydrogen-bond acceptors (Lipinski definition) is 11. The molecule has 0 bridgehead atoms. The number of anilines is 2. The first-order valence-electron chi connectivity index (χ1n) is 16.6. The highest BCUT2D eigenvalue weighted by atomic mass is 32.1. The van der Waals surface area contributed by atoms with Crippen molar-refractivity contribution in [2.75, 3.05) is 30.4 Å². The molecule has 284 valence electrons. The van der Waals surface area contributed by atoms with Crippen LogP contribution in [0.1, 0.15) is 73.3 Å². The highest BCUT2D eigenvalue weighted by Gasteiger charge is 2.30. The van der Waals surface area contributed by atoms with Crippen molar-refractivity contribution in [1.82, 2.24) is 20.3 Å². The van der Waals surface area contributed by atoms with E-state index in [9.17, 15) is 36.3 Å².